The molecule has 2 rings (SSSR count). The smallest absolute Gasteiger partial charge is 0.109 e. The molecule has 3 heteroatoms. The zero-order chi connectivity index (χ0) is 10.7. The number of hydrogen-bond acceptors (Lipinski definition) is 0. The molecule has 0 aromatic carbocycles. The summed E-state index contributed by atoms with van der Waals surface area (Å²) in [5.41, 5.74) is 0. The van der Waals surface area contributed by atoms with E-state index in [2.05, 4.69) is 4.57 Å². The second-order valence-electron chi connectivity index (χ2n) is 4.35. The normalized spacial score (nSPS) is 28.4. The van der Waals surface area contributed by atoms with Gasteiger partial charge in [-0.3, -0.25) is 0 Å². The SMILES string of the molecule is FC1CCCCC(n2cccc2Cl)CC1. The fraction of sp³-hybridized carbons (Fsp3) is 0.667. The topological polar surface area (TPSA) is 4.93 Å². The van der Waals surface area contributed by atoms with E-state index in [-0.39, 0.29) is 0 Å². The summed E-state index contributed by atoms with van der Waals surface area (Å²) in [4.78, 5) is 0. The quantitative estimate of drug-likeness (QED) is 0.674. The third-order valence-corrected chi connectivity index (χ3v) is 3.56. The van der Waals surface area contributed by atoms with Crippen LogP contribution in [0.15, 0.2) is 18.3 Å². The van der Waals surface area contributed by atoms with Crippen molar-refractivity contribution in [1.82, 2.24) is 4.57 Å². The molecule has 0 radical (unpaired) electrons. The van der Waals surface area contributed by atoms with Gasteiger partial charge in [-0.05, 0) is 37.8 Å². The molecule has 0 N–H and O–H groups in total. The zero-order valence-corrected chi connectivity index (χ0v) is 9.59. The first-order valence-corrected chi connectivity index (χ1v) is 6.11. The number of nitrogens with zero attached hydrogens (tertiary/aromatic N) is 1. The van der Waals surface area contributed by atoms with E-state index in [9.17, 15) is 4.39 Å². The summed E-state index contributed by atoms with van der Waals surface area (Å²) in [5, 5.41) is 0.774. The van der Waals surface area contributed by atoms with Crippen LogP contribution in [0.4, 0.5) is 4.39 Å². The molecule has 15 heavy (non-hydrogen) atoms. The molecule has 1 fully saturated rings. The van der Waals surface area contributed by atoms with Gasteiger partial charge in [0.2, 0.25) is 0 Å². The molecule has 0 amide bonds. The van der Waals surface area contributed by atoms with Gasteiger partial charge in [-0.15, -0.1) is 0 Å². The predicted octanol–water partition coefficient (Wildman–Crippen LogP) is 4.37. The highest BCUT2D eigenvalue weighted by molar-refractivity contribution is 6.29. The minimum Gasteiger partial charge on any atom is -0.336 e. The minimum atomic E-state index is -0.609. The van der Waals surface area contributed by atoms with Gasteiger partial charge in [0.05, 0.1) is 0 Å². The highest BCUT2D eigenvalue weighted by atomic mass is 35.5. The Morgan fingerprint density at radius 1 is 1.20 bits per heavy atom. The molecule has 0 spiro atoms. The second kappa shape index (κ2) is 5.02. The number of alkyl halides is 1. The number of aromatic nitrogens is 1. The van der Waals surface area contributed by atoms with Crippen molar-refractivity contribution in [1.29, 1.82) is 0 Å². The summed E-state index contributed by atoms with van der Waals surface area (Å²) in [6.45, 7) is 0. The molecular formula is C12H17ClFN. The zero-order valence-electron chi connectivity index (χ0n) is 8.83. The molecule has 1 aromatic heterocycles. The van der Waals surface area contributed by atoms with Crippen LogP contribution in [0.2, 0.25) is 5.15 Å². The van der Waals surface area contributed by atoms with Gasteiger partial charge < -0.3 is 4.57 Å². The van der Waals surface area contributed by atoms with Crippen molar-refractivity contribution < 1.29 is 4.39 Å². The summed E-state index contributed by atoms with van der Waals surface area (Å²) >= 11 is 6.07. The number of hydrogen-bond donors (Lipinski definition) is 0. The molecule has 84 valence electrons. The van der Waals surface area contributed by atoms with Gasteiger partial charge in [-0.2, -0.15) is 0 Å². The fourth-order valence-electron chi connectivity index (χ4n) is 2.35. The van der Waals surface area contributed by atoms with Gasteiger partial charge in [0.25, 0.3) is 0 Å². The average molecular weight is 230 g/mol. The fourth-order valence-corrected chi connectivity index (χ4v) is 2.62. The first-order valence-electron chi connectivity index (χ1n) is 5.74. The number of rotatable bonds is 1. The van der Waals surface area contributed by atoms with E-state index in [4.69, 9.17) is 11.6 Å². The summed E-state index contributed by atoms with van der Waals surface area (Å²) in [7, 11) is 0. The first-order chi connectivity index (χ1) is 7.27. The lowest BCUT2D eigenvalue weighted by molar-refractivity contribution is 0.240. The Morgan fingerprint density at radius 3 is 2.73 bits per heavy atom. The Hall–Kier alpha value is -0.500. The van der Waals surface area contributed by atoms with Crippen molar-refractivity contribution >= 4 is 11.6 Å². The van der Waals surface area contributed by atoms with E-state index in [0.29, 0.717) is 12.5 Å². The number of halogens is 2. The molecule has 1 aromatic rings. The monoisotopic (exact) mass is 229 g/mol. The Morgan fingerprint density at radius 2 is 2.00 bits per heavy atom. The molecular weight excluding hydrogens is 213 g/mol. The summed E-state index contributed by atoms with van der Waals surface area (Å²) in [5.74, 6) is 0. The lowest BCUT2D eigenvalue weighted by Crippen LogP contribution is -2.14. The van der Waals surface area contributed by atoms with Crippen LogP contribution in [0.5, 0.6) is 0 Å². The van der Waals surface area contributed by atoms with E-state index in [1.165, 1.54) is 0 Å². The largest absolute Gasteiger partial charge is 0.336 e. The summed E-state index contributed by atoms with van der Waals surface area (Å²) in [6.07, 6.45) is 6.97. The van der Waals surface area contributed by atoms with E-state index in [1.54, 1.807) is 0 Å². The molecule has 0 bridgehead atoms. The van der Waals surface area contributed by atoms with Crippen molar-refractivity contribution in [2.75, 3.05) is 0 Å². The molecule has 2 atom stereocenters. The van der Waals surface area contributed by atoms with Crippen LogP contribution in [0, 0.1) is 0 Å². The third-order valence-electron chi connectivity index (χ3n) is 3.24. The van der Waals surface area contributed by atoms with Crippen molar-refractivity contribution in [2.45, 2.75) is 50.7 Å². The summed E-state index contributed by atoms with van der Waals surface area (Å²) < 4.78 is 15.4. The van der Waals surface area contributed by atoms with Crippen LogP contribution in [0.1, 0.15) is 44.6 Å². The van der Waals surface area contributed by atoms with Crippen molar-refractivity contribution in [3.05, 3.63) is 23.5 Å². The van der Waals surface area contributed by atoms with E-state index in [1.807, 2.05) is 18.3 Å². The molecule has 0 saturated heterocycles. The van der Waals surface area contributed by atoms with Gasteiger partial charge in [0, 0.05) is 12.2 Å². The van der Waals surface area contributed by atoms with Gasteiger partial charge in [0.1, 0.15) is 11.3 Å². The molecule has 1 nitrogen and oxygen atoms in total. The maximum absolute atomic E-state index is 13.3. The molecule has 1 aliphatic carbocycles. The highest BCUT2D eigenvalue weighted by Gasteiger charge is 2.18. The Kier molecular flexibility index (Phi) is 3.68. The minimum absolute atomic E-state index is 0.394. The average Bonchev–Trinajstić information content (AvgIpc) is 2.59. The van der Waals surface area contributed by atoms with Crippen LogP contribution in [0.25, 0.3) is 0 Å². The Balaban J connectivity index is 2.04. The van der Waals surface area contributed by atoms with Gasteiger partial charge in [0.15, 0.2) is 0 Å². The summed E-state index contributed by atoms with van der Waals surface area (Å²) in [6, 6.07) is 4.24. The van der Waals surface area contributed by atoms with Gasteiger partial charge in [-0.25, -0.2) is 4.39 Å². The lowest BCUT2D eigenvalue weighted by atomic mass is 9.95. The first kappa shape index (κ1) is 11.0. The molecule has 1 heterocycles. The van der Waals surface area contributed by atoms with E-state index >= 15 is 0 Å². The second-order valence-corrected chi connectivity index (χ2v) is 4.74. The van der Waals surface area contributed by atoms with Crippen molar-refractivity contribution in [3.63, 3.8) is 0 Å². The van der Waals surface area contributed by atoms with Gasteiger partial charge >= 0.3 is 0 Å². The van der Waals surface area contributed by atoms with Crippen LogP contribution >= 0.6 is 11.6 Å². The predicted molar refractivity (Wildman–Crippen MR) is 61.1 cm³/mol. The molecule has 0 aliphatic heterocycles. The van der Waals surface area contributed by atoms with Crippen LogP contribution in [-0.4, -0.2) is 10.7 Å². The Bertz CT molecular complexity index is 310. The van der Waals surface area contributed by atoms with Crippen LogP contribution in [0.3, 0.4) is 0 Å². The lowest BCUT2D eigenvalue weighted by Gasteiger charge is -2.23. The van der Waals surface area contributed by atoms with Crippen LogP contribution in [-0.2, 0) is 0 Å². The maximum atomic E-state index is 13.3. The van der Waals surface area contributed by atoms with Crippen LogP contribution < -0.4 is 0 Å². The molecule has 1 aliphatic rings. The van der Waals surface area contributed by atoms with Crippen molar-refractivity contribution in [2.24, 2.45) is 0 Å². The molecule has 2 unspecified atom stereocenters. The highest BCUT2D eigenvalue weighted by Crippen LogP contribution is 2.30. The Labute approximate surface area is 95.2 Å². The molecule has 1 saturated carbocycles. The van der Waals surface area contributed by atoms with E-state index in [0.717, 1.165) is 37.3 Å². The standard InChI is InChI=1S/C12H17ClFN/c13-12-6-3-9-15(12)11-5-2-1-4-10(14)7-8-11/h3,6,9-11H,1-2,4-5,7-8H2. The maximum Gasteiger partial charge on any atom is 0.109 e. The van der Waals surface area contributed by atoms with Crippen molar-refractivity contribution in [3.8, 4) is 0 Å². The van der Waals surface area contributed by atoms with Gasteiger partial charge in [-0.1, -0.05) is 24.4 Å². The third kappa shape index (κ3) is 2.75. The van der Waals surface area contributed by atoms with E-state index < -0.39 is 6.17 Å².